The molecule has 0 aliphatic carbocycles. The molecule has 9 nitrogen and oxygen atoms in total. The number of benzene rings is 3. The summed E-state index contributed by atoms with van der Waals surface area (Å²) in [4.78, 5) is 16.6. The molecule has 3 aromatic carbocycles. The zero-order valence-corrected chi connectivity index (χ0v) is 24.2. The van der Waals surface area contributed by atoms with E-state index in [1.54, 1.807) is 32.9 Å². The molecule has 0 saturated heterocycles. The molecule has 0 aliphatic rings. The number of nitrogens with zero attached hydrogens (tertiary/aromatic N) is 3. The highest BCUT2D eigenvalue weighted by molar-refractivity contribution is 8.00. The Labute approximate surface area is 237 Å². The van der Waals surface area contributed by atoms with Crippen molar-refractivity contribution in [3.05, 3.63) is 84.6 Å². The molecule has 3 N–H and O–H groups in total. The number of aromatic amines is 1. The third-order valence-corrected chi connectivity index (χ3v) is 8.91. The van der Waals surface area contributed by atoms with Crippen molar-refractivity contribution in [3.8, 4) is 17.1 Å². The second-order valence-electron chi connectivity index (χ2n) is 9.78. The number of amides is 1. The summed E-state index contributed by atoms with van der Waals surface area (Å²) in [5.74, 6) is 0.429. The van der Waals surface area contributed by atoms with Crippen molar-refractivity contribution in [1.82, 2.24) is 24.5 Å². The Morgan fingerprint density at radius 3 is 2.45 bits per heavy atom. The van der Waals surface area contributed by atoms with E-state index in [0.717, 1.165) is 27.7 Å². The summed E-state index contributed by atoms with van der Waals surface area (Å²) in [6.07, 6.45) is 1.92. The number of carbonyl (C=O) groups is 1. The van der Waals surface area contributed by atoms with E-state index in [1.807, 2.05) is 60.2 Å². The van der Waals surface area contributed by atoms with Crippen LogP contribution in [0.5, 0.6) is 0 Å². The van der Waals surface area contributed by atoms with E-state index in [0.29, 0.717) is 16.7 Å². The molecule has 2 heterocycles. The van der Waals surface area contributed by atoms with Crippen molar-refractivity contribution in [2.45, 2.75) is 49.0 Å². The highest BCUT2D eigenvalue weighted by Gasteiger charge is 2.24. The minimum atomic E-state index is -3.61. The summed E-state index contributed by atoms with van der Waals surface area (Å²) in [6, 6.07) is 21.9. The number of hydrogen-bond donors (Lipinski definition) is 3. The van der Waals surface area contributed by atoms with Crippen LogP contribution in [0.25, 0.3) is 28.0 Å². The number of anilines is 1. The van der Waals surface area contributed by atoms with Crippen LogP contribution in [0.15, 0.2) is 89.0 Å². The first kappa shape index (κ1) is 27.6. The number of para-hydroxylation sites is 1. The molecule has 11 heteroatoms. The van der Waals surface area contributed by atoms with Crippen molar-refractivity contribution >= 4 is 44.3 Å². The zero-order valence-electron chi connectivity index (χ0n) is 22.5. The van der Waals surface area contributed by atoms with Crippen LogP contribution in [0.1, 0.15) is 26.3 Å². The summed E-state index contributed by atoms with van der Waals surface area (Å²) in [5, 5.41) is 13.0. The van der Waals surface area contributed by atoms with Gasteiger partial charge in [-0.2, -0.15) is 0 Å². The van der Waals surface area contributed by atoms with Crippen LogP contribution in [0.2, 0.25) is 0 Å². The quantitative estimate of drug-likeness (QED) is 0.199. The van der Waals surface area contributed by atoms with Gasteiger partial charge in [-0.05, 0) is 75.7 Å². The summed E-state index contributed by atoms with van der Waals surface area (Å²) in [6.45, 7) is 7.34. The number of sulfonamides is 1. The number of fused-ring (bicyclic) bond motifs is 1. The zero-order chi connectivity index (χ0) is 28.4. The lowest BCUT2D eigenvalue weighted by atomic mass is 10.1. The molecule has 2 aromatic heterocycles. The summed E-state index contributed by atoms with van der Waals surface area (Å²) in [7, 11) is -3.61. The van der Waals surface area contributed by atoms with Crippen molar-refractivity contribution in [3.63, 3.8) is 0 Å². The number of thioether (sulfide) groups is 1. The van der Waals surface area contributed by atoms with E-state index in [1.165, 1.54) is 23.9 Å². The third-order valence-electron chi connectivity index (χ3n) is 6.20. The Morgan fingerprint density at radius 1 is 0.975 bits per heavy atom. The molecule has 0 radical (unpaired) electrons. The van der Waals surface area contributed by atoms with Crippen LogP contribution in [-0.2, 0) is 14.8 Å². The molecule has 1 amide bonds. The van der Waals surface area contributed by atoms with Gasteiger partial charge in [-0.1, -0.05) is 42.1 Å². The Bertz CT molecular complexity index is 1780. The molecule has 0 bridgehead atoms. The van der Waals surface area contributed by atoms with Gasteiger partial charge in [0.2, 0.25) is 15.9 Å². The van der Waals surface area contributed by atoms with Gasteiger partial charge < -0.3 is 10.3 Å². The second kappa shape index (κ2) is 11.3. The van der Waals surface area contributed by atoms with E-state index in [9.17, 15) is 13.2 Å². The topological polar surface area (TPSA) is 122 Å². The monoisotopic (exact) mass is 574 g/mol. The average molecular weight is 575 g/mol. The van der Waals surface area contributed by atoms with Crippen molar-refractivity contribution < 1.29 is 13.2 Å². The van der Waals surface area contributed by atoms with Gasteiger partial charge in [0.15, 0.2) is 11.0 Å². The first-order valence-electron chi connectivity index (χ1n) is 12.8. The standard InChI is InChI=1S/C29H30N6O3S2/c1-18(2)34-40(37,38)23-14-12-21(13-15-23)31-28(36)20(4)39-29-33-32-27(35(29)22-9-7-8-19(3)16-22)25-17-30-26-11-6-5-10-24(25)26/h5-18,20,30,34H,1-4H3,(H,31,36)/t20-/m0/s1. The summed E-state index contributed by atoms with van der Waals surface area (Å²) in [5.41, 5.74) is 4.40. The van der Waals surface area contributed by atoms with Crippen LogP contribution < -0.4 is 10.0 Å². The highest BCUT2D eigenvalue weighted by Crippen LogP contribution is 2.34. The molecule has 0 unspecified atom stereocenters. The van der Waals surface area contributed by atoms with Gasteiger partial charge in [0.05, 0.1) is 10.1 Å². The van der Waals surface area contributed by atoms with Gasteiger partial charge in [-0.25, -0.2) is 13.1 Å². The van der Waals surface area contributed by atoms with E-state index in [2.05, 4.69) is 31.3 Å². The van der Waals surface area contributed by atoms with Crippen LogP contribution >= 0.6 is 11.8 Å². The molecular weight excluding hydrogens is 544 g/mol. The molecule has 5 rings (SSSR count). The van der Waals surface area contributed by atoms with E-state index < -0.39 is 15.3 Å². The van der Waals surface area contributed by atoms with E-state index >= 15 is 0 Å². The molecule has 5 aromatic rings. The Hall–Kier alpha value is -3.93. The molecule has 0 aliphatic heterocycles. The molecular formula is C29H30N6O3S2. The lowest BCUT2D eigenvalue weighted by Gasteiger charge is -2.15. The van der Waals surface area contributed by atoms with Crippen LogP contribution in [0.3, 0.4) is 0 Å². The molecule has 0 spiro atoms. The minimum Gasteiger partial charge on any atom is -0.360 e. The molecule has 0 saturated carbocycles. The number of rotatable bonds is 9. The lowest BCUT2D eigenvalue weighted by Crippen LogP contribution is -2.30. The number of aromatic nitrogens is 4. The molecule has 40 heavy (non-hydrogen) atoms. The van der Waals surface area contributed by atoms with Gasteiger partial charge in [-0.3, -0.25) is 9.36 Å². The highest BCUT2D eigenvalue weighted by atomic mass is 32.2. The van der Waals surface area contributed by atoms with Gasteiger partial charge in [0.1, 0.15) is 0 Å². The summed E-state index contributed by atoms with van der Waals surface area (Å²) >= 11 is 1.30. The van der Waals surface area contributed by atoms with Crippen molar-refractivity contribution in [1.29, 1.82) is 0 Å². The summed E-state index contributed by atoms with van der Waals surface area (Å²) < 4.78 is 29.3. The molecule has 0 fully saturated rings. The average Bonchev–Trinajstić information content (AvgIpc) is 3.52. The van der Waals surface area contributed by atoms with Crippen molar-refractivity contribution in [2.75, 3.05) is 5.32 Å². The normalized spacial score (nSPS) is 12.6. The fraction of sp³-hybridized carbons (Fsp3) is 0.207. The maximum Gasteiger partial charge on any atom is 0.240 e. The fourth-order valence-electron chi connectivity index (χ4n) is 4.33. The van der Waals surface area contributed by atoms with Gasteiger partial charge in [0.25, 0.3) is 0 Å². The van der Waals surface area contributed by atoms with Gasteiger partial charge in [-0.15, -0.1) is 10.2 Å². The maximum absolute atomic E-state index is 13.1. The number of H-pyrrole nitrogens is 1. The van der Waals surface area contributed by atoms with E-state index in [-0.39, 0.29) is 16.8 Å². The Balaban J connectivity index is 1.40. The number of carbonyl (C=O) groups excluding carboxylic acids is 1. The minimum absolute atomic E-state index is 0.137. The maximum atomic E-state index is 13.1. The van der Waals surface area contributed by atoms with Crippen LogP contribution in [0.4, 0.5) is 5.69 Å². The largest absolute Gasteiger partial charge is 0.360 e. The second-order valence-corrected chi connectivity index (χ2v) is 12.8. The SMILES string of the molecule is Cc1cccc(-n2c(S[C@@H](C)C(=O)Nc3ccc(S(=O)(=O)NC(C)C)cc3)nnc2-c2c[nH]c3ccccc23)c1. The van der Waals surface area contributed by atoms with Gasteiger partial charge in [0, 0.05) is 40.1 Å². The smallest absolute Gasteiger partial charge is 0.240 e. The number of aryl methyl sites for hydroxylation is 1. The number of hydrogen-bond acceptors (Lipinski definition) is 6. The Kier molecular flexibility index (Phi) is 7.79. The van der Waals surface area contributed by atoms with E-state index in [4.69, 9.17) is 0 Å². The fourth-order valence-corrected chi connectivity index (χ4v) is 6.45. The predicted molar refractivity (Wildman–Crippen MR) is 159 cm³/mol. The van der Waals surface area contributed by atoms with Gasteiger partial charge >= 0.3 is 0 Å². The third kappa shape index (κ3) is 5.81. The van der Waals surface area contributed by atoms with Crippen LogP contribution in [0, 0.1) is 6.92 Å². The Morgan fingerprint density at radius 2 is 1.73 bits per heavy atom. The van der Waals surface area contributed by atoms with Crippen molar-refractivity contribution in [2.24, 2.45) is 0 Å². The lowest BCUT2D eigenvalue weighted by molar-refractivity contribution is -0.115. The number of nitrogens with one attached hydrogen (secondary N) is 3. The first-order valence-corrected chi connectivity index (χ1v) is 15.2. The molecule has 1 atom stereocenters. The van der Waals surface area contributed by atoms with Crippen LogP contribution in [-0.4, -0.2) is 45.4 Å². The predicted octanol–water partition coefficient (Wildman–Crippen LogP) is 5.53. The first-order chi connectivity index (χ1) is 19.1. The molecule has 206 valence electrons.